The molecule has 4 heterocycles. The first-order chi connectivity index (χ1) is 17.4. The van der Waals surface area contributed by atoms with E-state index >= 15 is 0 Å². The predicted molar refractivity (Wildman–Crippen MR) is 146 cm³/mol. The summed E-state index contributed by atoms with van der Waals surface area (Å²) in [5, 5.41) is 7.35. The smallest absolute Gasteiger partial charge is 0.226 e. The van der Waals surface area contributed by atoms with Gasteiger partial charge < -0.3 is 20.1 Å². The zero-order valence-corrected chi connectivity index (χ0v) is 21.4. The molecule has 0 spiro atoms. The topological polar surface area (TPSA) is 75.1 Å². The molecule has 9 heteroatoms. The van der Waals surface area contributed by atoms with E-state index in [1.165, 1.54) is 0 Å². The molecule has 5 rings (SSSR count). The van der Waals surface area contributed by atoms with Gasteiger partial charge in [0.1, 0.15) is 6.04 Å². The molecule has 1 amide bonds. The van der Waals surface area contributed by atoms with Gasteiger partial charge in [-0.25, -0.2) is 0 Å². The molecule has 0 bridgehead atoms. The van der Waals surface area contributed by atoms with E-state index in [2.05, 4.69) is 36.1 Å². The highest BCUT2D eigenvalue weighted by molar-refractivity contribution is 7.80. The molecule has 182 valence electrons. The lowest BCUT2D eigenvalue weighted by Gasteiger charge is -2.29. The average Bonchev–Trinajstić information content (AvgIpc) is 3.50. The molecular weight excluding hydrogens is 492 g/mol. The predicted octanol–water partition coefficient (Wildman–Crippen LogP) is 5.69. The second-order valence-electron chi connectivity index (χ2n) is 8.82. The summed E-state index contributed by atoms with van der Waals surface area (Å²) in [6.07, 6.45) is 7.37. The minimum atomic E-state index is -0.227. The first-order valence-corrected chi connectivity index (χ1v) is 12.4. The lowest BCUT2D eigenvalue weighted by molar-refractivity contribution is -0.118. The number of carbonyl (C=O) groups is 1. The molecule has 2 atom stereocenters. The number of benzene rings is 1. The summed E-state index contributed by atoms with van der Waals surface area (Å²) < 4.78 is 2.11. The molecule has 0 aliphatic carbocycles. The third-order valence-electron chi connectivity index (χ3n) is 6.12. The van der Waals surface area contributed by atoms with Crippen LogP contribution in [0.5, 0.6) is 0 Å². The maximum atomic E-state index is 12.2. The summed E-state index contributed by atoms with van der Waals surface area (Å²) in [4.78, 5) is 23.2. The van der Waals surface area contributed by atoms with Crippen LogP contribution in [0, 0.1) is 5.92 Å². The molecule has 1 saturated heterocycles. The third kappa shape index (κ3) is 4.57. The van der Waals surface area contributed by atoms with Crippen LogP contribution in [-0.4, -0.2) is 25.6 Å². The summed E-state index contributed by atoms with van der Waals surface area (Å²) in [6, 6.07) is 19.0. The summed E-state index contributed by atoms with van der Waals surface area (Å²) in [7, 11) is 0. The Balaban J connectivity index is 1.59. The van der Waals surface area contributed by atoms with Gasteiger partial charge in [0.05, 0.1) is 34.3 Å². The van der Waals surface area contributed by atoms with Gasteiger partial charge in [-0.2, -0.15) is 0 Å². The van der Waals surface area contributed by atoms with Gasteiger partial charge in [-0.05, 0) is 66.8 Å². The van der Waals surface area contributed by atoms with Crippen LogP contribution in [0.2, 0.25) is 5.02 Å². The highest BCUT2D eigenvalue weighted by Crippen LogP contribution is 2.43. The molecule has 7 nitrogen and oxygen atoms in total. The molecule has 1 aliphatic rings. The molecule has 3 aromatic heterocycles. The summed E-state index contributed by atoms with van der Waals surface area (Å²) in [5.74, 6) is -0.245. The number of halogens is 1. The number of hydrogen-bond acceptors (Lipinski definition) is 4. The number of rotatable bonds is 6. The standard InChI is InChI=1S/C27H25ClN6OS/c1-17(2)26(35)31-21-11-10-18(15-20(21)28)34-25(24(32-27(34)36)22-8-3-4-13-30-22)23-9-6-14-33(23)19-7-5-12-29-16-19/h3-17,24-25H,1-2H3,(H,31,35)(H,32,36)/t24-,25+/m1/s1. The number of nitrogens with one attached hydrogen (secondary N) is 2. The number of carbonyl (C=O) groups excluding carboxylic acids is 1. The lowest BCUT2D eigenvalue weighted by Crippen LogP contribution is -2.30. The van der Waals surface area contributed by atoms with Crippen LogP contribution in [0.25, 0.3) is 5.69 Å². The second-order valence-corrected chi connectivity index (χ2v) is 9.61. The molecule has 0 radical (unpaired) electrons. The number of anilines is 2. The summed E-state index contributed by atoms with van der Waals surface area (Å²) >= 11 is 12.5. The van der Waals surface area contributed by atoms with Gasteiger partial charge in [0.25, 0.3) is 0 Å². The average molecular weight is 517 g/mol. The van der Waals surface area contributed by atoms with Gasteiger partial charge in [-0.3, -0.25) is 14.8 Å². The molecule has 1 aliphatic heterocycles. The third-order valence-corrected chi connectivity index (χ3v) is 6.75. The highest BCUT2D eigenvalue weighted by Gasteiger charge is 2.42. The van der Waals surface area contributed by atoms with Crippen LogP contribution >= 0.6 is 23.8 Å². The van der Waals surface area contributed by atoms with Gasteiger partial charge in [0.2, 0.25) is 5.91 Å². The van der Waals surface area contributed by atoms with Crippen LogP contribution in [-0.2, 0) is 4.79 Å². The Labute approximate surface area is 220 Å². The number of thiocarbonyl (C=S) groups is 1. The van der Waals surface area contributed by atoms with Crippen molar-refractivity contribution >= 4 is 46.2 Å². The van der Waals surface area contributed by atoms with E-state index in [9.17, 15) is 4.79 Å². The maximum absolute atomic E-state index is 12.2. The molecule has 36 heavy (non-hydrogen) atoms. The Kier molecular flexibility index (Phi) is 6.71. The van der Waals surface area contributed by atoms with E-state index in [0.717, 1.165) is 22.8 Å². The fraction of sp³-hybridized carbons (Fsp3) is 0.185. The number of amides is 1. The summed E-state index contributed by atoms with van der Waals surface area (Å²) in [5.41, 5.74) is 4.20. The van der Waals surface area contributed by atoms with E-state index in [1.807, 2.05) is 80.8 Å². The van der Waals surface area contributed by atoms with Crippen molar-refractivity contribution in [2.24, 2.45) is 5.92 Å². The van der Waals surface area contributed by atoms with Gasteiger partial charge in [-0.15, -0.1) is 0 Å². The minimum absolute atomic E-state index is 0.0922. The Bertz CT molecular complexity index is 1390. The Hall–Kier alpha value is -3.75. The van der Waals surface area contributed by atoms with Gasteiger partial charge in [0, 0.05) is 35.9 Å². The van der Waals surface area contributed by atoms with E-state index in [1.54, 1.807) is 12.4 Å². The van der Waals surface area contributed by atoms with Crippen molar-refractivity contribution < 1.29 is 4.79 Å². The fourth-order valence-corrected chi connectivity index (χ4v) is 4.90. The van der Waals surface area contributed by atoms with Crippen molar-refractivity contribution in [3.8, 4) is 5.69 Å². The zero-order chi connectivity index (χ0) is 25.2. The minimum Gasteiger partial charge on any atom is -0.351 e. The summed E-state index contributed by atoms with van der Waals surface area (Å²) in [6.45, 7) is 3.68. The van der Waals surface area contributed by atoms with Crippen molar-refractivity contribution in [3.63, 3.8) is 0 Å². The number of nitrogens with zero attached hydrogens (tertiary/aromatic N) is 4. The van der Waals surface area contributed by atoms with Crippen molar-refractivity contribution in [3.05, 3.63) is 102 Å². The number of aromatic nitrogens is 3. The number of pyridine rings is 2. The van der Waals surface area contributed by atoms with Crippen LogP contribution in [0.15, 0.2) is 85.5 Å². The first kappa shape index (κ1) is 24.0. The molecule has 2 N–H and O–H groups in total. The van der Waals surface area contributed by atoms with E-state index in [-0.39, 0.29) is 23.9 Å². The molecule has 1 aromatic carbocycles. The first-order valence-electron chi connectivity index (χ1n) is 11.6. The maximum Gasteiger partial charge on any atom is 0.226 e. The number of hydrogen-bond donors (Lipinski definition) is 2. The molecular formula is C27H25ClN6OS. The van der Waals surface area contributed by atoms with Crippen molar-refractivity contribution in [2.75, 3.05) is 10.2 Å². The van der Waals surface area contributed by atoms with Crippen molar-refractivity contribution in [1.82, 2.24) is 19.9 Å². The fourth-order valence-electron chi connectivity index (χ4n) is 4.33. The van der Waals surface area contributed by atoms with Crippen LogP contribution in [0.4, 0.5) is 11.4 Å². The van der Waals surface area contributed by atoms with Crippen molar-refractivity contribution in [2.45, 2.75) is 25.9 Å². The van der Waals surface area contributed by atoms with Gasteiger partial charge in [0.15, 0.2) is 5.11 Å². The Morgan fingerprint density at radius 2 is 1.94 bits per heavy atom. The quantitative estimate of drug-likeness (QED) is 0.320. The monoisotopic (exact) mass is 516 g/mol. The molecule has 0 saturated carbocycles. The van der Waals surface area contributed by atoms with Gasteiger partial charge in [-0.1, -0.05) is 31.5 Å². The van der Waals surface area contributed by atoms with E-state index in [0.29, 0.717) is 15.8 Å². The Morgan fingerprint density at radius 3 is 2.64 bits per heavy atom. The second kappa shape index (κ2) is 10.1. The van der Waals surface area contributed by atoms with Crippen LogP contribution in [0.1, 0.15) is 37.3 Å². The zero-order valence-electron chi connectivity index (χ0n) is 19.8. The Morgan fingerprint density at radius 1 is 1.08 bits per heavy atom. The SMILES string of the molecule is CC(C)C(=O)Nc1ccc(N2C(=S)N[C@H](c3ccccn3)[C@@H]2c2cccn2-c2cccnc2)cc1Cl. The molecule has 4 aromatic rings. The van der Waals surface area contributed by atoms with Crippen molar-refractivity contribution in [1.29, 1.82) is 0 Å². The van der Waals surface area contributed by atoms with Crippen LogP contribution in [0.3, 0.4) is 0 Å². The largest absolute Gasteiger partial charge is 0.351 e. The highest BCUT2D eigenvalue weighted by atomic mass is 35.5. The lowest BCUT2D eigenvalue weighted by atomic mass is 10.0. The molecule has 1 fully saturated rings. The normalized spacial score (nSPS) is 17.3. The van der Waals surface area contributed by atoms with E-state index < -0.39 is 0 Å². The van der Waals surface area contributed by atoms with E-state index in [4.69, 9.17) is 23.8 Å². The molecule has 0 unspecified atom stereocenters. The van der Waals surface area contributed by atoms with Crippen LogP contribution < -0.4 is 15.5 Å². The van der Waals surface area contributed by atoms with Gasteiger partial charge >= 0.3 is 0 Å².